The van der Waals surface area contributed by atoms with Crippen LogP contribution in [0.15, 0.2) is 42.5 Å². The van der Waals surface area contributed by atoms with Crippen LogP contribution < -0.4 is 9.62 Å². The van der Waals surface area contributed by atoms with Crippen LogP contribution in [0.4, 0.5) is 10.1 Å². The number of nitrogens with one attached hydrogen (secondary N) is 1. The Kier molecular flexibility index (Phi) is 11.4. The number of sulfonamides is 1. The molecule has 1 fully saturated rings. The highest BCUT2D eigenvalue weighted by Crippen LogP contribution is 2.28. The molecule has 0 bridgehead atoms. The molecule has 0 spiro atoms. The van der Waals surface area contributed by atoms with Gasteiger partial charge in [0.15, 0.2) is 0 Å². The van der Waals surface area contributed by atoms with Crippen molar-refractivity contribution in [3.8, 4) is 0 Å². The lowest BCUT2D eigenvalue weighted by atomic mass is 9.95. The van der Waals surface area contributed by atoms with Gasteiger partial charge in [0.25, 0.3) is 0 Å². The van der Waals surface area contributed by atoms with E-state index in [1.54, 1.807) is 24.3 Å². The van der Waals surface area contributed by atoms with Gasteiger partial charge in [0.05, 0.1) is 11.9 Å². The number of anilines is 1. The van der Waals surface area contributed by atoms with Crippen LogP contribution in [0.5, 0.6) is 0 Å². The first-order valence-corrected chi connectivity index (χ1v) is 15.9. The van der Waals surface area contributed by atoms with E-state index in [2.05, 4.69) is 5.32 Å². The summed E-state index contributed by atoms with van der Waals surface area (Å²) in [6.45, 7) is 1.76. The molecule has 3 rings (SSSR count). The maximum absolute atomic E-state index is 14.4. The molecule has 0 saturated heterocycles. The standard InChI is InChI=1S/C28H36Cl2FN3O4S/c1-3-25(28(36)32-20-11-5-4-6-12-20)33(19-21-22(29)13-9-14-23(21)30)27(35)17-10-18-34(39(2,37)38)26-16-8-7-15-24(26)31/h7-9,13-16,20,25H,3-6,10-12,17-19H2,1-2H3,(H,32,36)/t25-/m1/s1. The van der Waals surface area contributed by atoms with Crippen LogP contribution in [-0.4, -0.2) is 50.0 Å². The molecule has 0 heterocycles. The number of nitrogens with zero attached hydrogens (tertiary/aromatic N) is 2. The lowest BCUT2D eigenvalue weighted by molar-refractivity contribution is -0.141. The molecule has 1 aliphatic rings. The zero-order chi connectivity index (χ0) is 28.6. The Morgan fingerprint density at radius 1 is 1.05 bits per heavy atom. The van der Waals surface area contributed by atoms with E-state index < -0.39 is 21.9 Å². The molecular weight excluding hydrogens is 564 g/mol. The van der Waals surface area contributed by atoms with Crippen LogP contribution >= 0.6 is 23.2 Å². The molecule has 214 valence electrons. The Hall–Kier alpha value is -2.36. The molecule has 1 N–H and O–H groups in total. The molecule has 2 aromatic carbocycles. The highest BCUT2D eigenvalue weighted by atomic mass is 35.5. The molecule has 11 heteroatoms. The lowest BCUT2D eigenvalue weighted by Crippen LogP contribution is -2.51. The second kappa shape index (κ2) is 14.3. The smallest absolute Gasteiger partial charge is 0.243 e. The highest BCUT2D eigenvalue weighted by Gasteiger charge is 2.31. The predicted octanol–water partition coefficient (Wildman–Crippen LogP) is 5.94. The Morgan fingerprint density at radius 3 is 2.28 bits per heavy atom. The van der Waals surface area contributed by atoms with Gasteiger partial charge in [0.1, 0.15) is 11.9 Å². The molecule has 2 aromatic rings. The molecule has 0 aliphatic heterocycles. The van der Waals surface area contributed by atoms with Crippen molar-refractivity contribution < 1.29 is 22.4 Å². The third kappa shape index (κ3) is 8.56. The van der Waals surface area contributed by atoms with Gasteiger partial charge in [-0.2, -0.15) is 0 Å². The molecule has 1 atom stereocenters. The summed E-state index contributed by atoms with van der Waals surface area (Å²) in [5.41, 5.74) is 0.452. The number of rotatable bonds is 12. The monoisotopic (exact) mass is 599 g/mol. The van der Waals surface area contributed by atoms with Crippen molar-refractivity contribution in [1.82, 2.24) is 10.2 Å². The molecule has 1 saturated carbocycles. The van der Waals surface area contributed by atoms with Gasteiger partial charge in [-0.15, -0.1) is 0 Å². The Bertz CT molecular complexity index is 1230. The summed E-state index contributed by atoms with van der Waals surface area (Å²) in [6, 6.07) is 9.96. The van der Waals surface area contributed by atoms with Crippen molar-refractivity contribution in [3.63, 3.8) is 0 Å². The van der Waals surface area contributed by atoms with Gasteiger partial charge >= 0.3 is 0 Å². The van der Waals surface area contributed by atoms with E-state index in [-0.39, 0.29) is 49.5 Å². The SMILES string of the molecule is CC[C@H](C(=O)NC1CCCCC1)N(Cc1c(Cl)cccc1Cl)C(=O)CCCN(c1ccccc1F)S(C)(=O)=O. The minimum atomic E-state index is -3.80. The number of carbonyl (C=O) groups excluding carboxylic acids is 2. The maximum Gasteiger partial charge on any atom is 0.243 e. The first-order chi connectivity index (χ1) is 18.5. The van der Waals surface area contributed by atoms with E-state index in [0.717, 1.165) is 42.7 Å². The lowest BCUT2D eigenvalue weighted by Gasteiger charge is -2.33. The first-order valence-electron chi connectivity index (χ1n) is 13.3. The summed E-state index contributed by atoms with van der Waals surface area (Å²) in [6.07, 6.45) is 6.50. The number of hydrogen-bond acceptors (Lipinski definition) is 4. The molecule has 2 amide bonds. The highest BCUT2D eigenvalue weighted by molar-refractivity contribution is 7.92. The Morgan fingerprint density at radius 2 is 1.69 bits per heavy atom. The third-order valence-corrected chi connectivity index (χ3v) is 8.89. The van der Waals surface area contributed by atoms with Crippen molar-refractivity contribution in [1.29, 1.82) is 0 Å². The molecule has 0 radical (unpaired) electrons. The van der Waals surface area contributed by atoms with Gasteiger partial charge in [-0.05, 0) is 49.9 Å². The normalized spacial score (nSPS) is 15.0. The minimum Gasteiger partial charge on any atom is -0.352 e. The Labute approximate surface area is 240 Å². The molecular formula is C28H36Cl2FN3O4S. The zero-order valence-electron chi connectivity index (χ0n) is 22.3. The molecule has 0 aromatic heterocycles. The van der Waals surface area contributed by atoms with Gasteiger partial charge in [0.2, 0.25) is 21.8 Å². The average molecular weight is 601 g/mol. The summed E-state index contributed by atoms with van der Waals surface area (Å²) in [5.74, 6) is -1.25. The first kappa shape index (κ1) is 31.2. The molecule has 1 aliphatic carbocycles. The molecule has 7 nitrogen and oxygen atoms in total. The van der Waals surface area contributed by atoms with Gasteiger partial charge < -0.3 is 10.2 Å². The summed E-state index contributed by atoms with van der Waals surface area (Å²) in [4.78, 5) is 28.5. The second-order valence-electron chi connectivity index (χ2n) is 9.88. The van der Waals surface area contributed by atoms with Crippen molar-refractivity contribution in [2.24, 2.45) is 0 Å². The van der Waals surface area contributed by atoms with E-state index >= 15 is 0 Å². The summed E-state index contributed by atoms with van der Waals surface area (Å²) >= 11 is 12.8. The van der Waals surface area contributed by atoms with E-state index in [1.807, 2.05) is 6.92 Å². The number of para-hydroxylation sites is 1. The van der Waals surface area contributed by atoms with Crippen LogP contribution in [0.25, 0.3) is 0 Å². The van der Waals surface area contributed by atoms with Gasteiger partial charge in [0, 0.05) is 41.2 Å². The number of halogens is 3. The second-order valence-corrected chi connectivity index (χ2v) is 12.6. The fourth-order valence-electron chi connectivity index (χ4n) is 4.95. The van der Waals surface area contributed by atoms with Gasteiger partial charge in [-0.3, -0.25) is 13.9 Å². The van der Waals surface area contributed by atoms with E-state index in [0.29, 0.717) is 22.0 Å². The van der Waals surface area contributed by atoms with Crippen LogP contribution in [0, 0.1) is 5.82 Å². The van der Waals surface area contributed by atoms with Crippen molar-refractivity contribution in [2.75, 3.05) is 17.1 Å². The van der Waals surface area contributed by atoms with E-state index in [9.17, 15) is 22.4 Å². The van der Waals surface area contributed by atoms with Gasteiger partial charge in [-0.1, -0.05) is 67.6 Å². The number of amides is 2. The average Bonchev–Trinajstić information content (AvgIpc) is 2.88. The van der Waals surface area contributed by atoms with Gasteiger partial charge in [-0.25, -0.2) is 12.8 Å². The van der Waals surface area contributed by atoms with Crippen molar-refractivity contribution >= 4 is 50.7 Å². The Balaban J connectivity index is 1.81. The van der Waals surface area contributed by atoms with Crippen molar-refractivity contribution in [2.45, 2.75) is 76.9 Å². The topological polar surface area (TPSA) is 86.8 Å². The number of carbonyl (C=O) groups is 2. The zero-order valence-corrected chi connectivity index (χ0v) is 24.7. The van der Waals surface area contributed by atoms with Crippen LogP contribution in [0.2, 0.25) is 10.0 Å². The quantitative estimate of drug-likeness (QED) is 0.327. The molecule has 39 heavy (non-hydrogen) atoms. The fourth-order valence-corrected chi connectivity index (χ4v) is 6.44. The third-order valence-electron chi connectivity index (χ3n) is 7.00. The minimum absolute atomic E-state index is 0.0248. The maximum atomic E-state index is 14.4. The molecule has 0 unspecified atom stereocenters. The van der Waals surface area contributed by atoms with Crippen LogP contribution in [0.1, 0.15) is 63.9 Å². The van der Waals surface area contributed by atoms with Crippen molar-refractivity contribution in [3.05, 3.63) is 63.9 Å². The van der Waals surface area contributed by atoms with E-state index in [1.165, 1.54) is 23.1 Å². The number of hydrogen-bond donors (Lipinski definition) is 1. The summed E-state index contributed by atoms with van der Waals surface area (Å²) < 4.78 is 40.2. The summed E-state index contributed by atoms with van der Waals surface area (Å²) in [7, 11) is -3.80. The predicted molar refractivity (Wildman–Crippen MR) is 154 cm³/mol. The van der Waals surface area contributed by atoms with E-state index in [4.69, 9.17) is 23.2 Å². The van der Waals surface area contributed by atoms with Crippen LogP contribution in [0.3, 0.4) is 0 Å². The fraction of sp³-hybridized carbons (Fsp3) is 0.500. The largest absolute Gasteiger partial charge is 0.352 e. The summed E-state index contributed by atoms with van der Waals surface area (Å²) in [5, 5.41) is 3.87. The number of benzene rings is 2. The van der Waals surface area contributed by atoms with Crippen LogP contribution in [-0.2, 0) is 26.2 Å².